The average Bonchev–Trinajstić information content (AvgIpc) is 3.04. The number of anilines is 1. The Hall–Kier alpha value is -5.23. The molecule has 254 valence electrons. The van der Waals surface area contributed by atoms with E-state index in [-0.39, 0.29) is 22.8 Å². The van der Waals surface area contributed by atoms with E-state index in [9.17, 15) is 22.8 Å². The normalized spacial score (nSPS) is 13.2. The highest BCUT2D eigenvalue weighted by atomic mass is 35.5. The molecule has 0 radical (unpaired) electrons. The molecular formula is C34H33ClN6O7S. The van der Waals surface area contributed by atoms with Gasteiger partial charge in [-0.05, 0) is 57.2 Å². The van der Waals surface area contributed by atoms with Crippen molar-refractivity contribution in [2.75, 3.05) is 37.3 Å². The number of hydrogen-bond donors (Lipinski definition) is 3. The fourth-order valence-corrected chi connectivity index (χ4v) is 5.46. The van der Waals surface area contributed by atoms with E-state index in [1.54, 1.807) is 68.1 Å². The van der Waals surface area contributed by atoms with Crippen molar-refractivity contribution in [2.45, 2.75) is 26.4 Å². The maximum absolute atomic E-state index is 13.3. The highest BCUT2D eigenvalue weighted by Crippen LogP contribution is 2.27. The van der Waals surface area contributed by atoms with Crippen molar-refractivity contribution < 1.29 is 32.3 Å². The molecule has 5 rings (SSSR count). The first-order valence-electron chi connectivity index (χ1n) is 15.0. The van der Waals surface area contributed by atoms with Gasteiger partial charge in [-0.1, -0.05) is 35.6 Å². The van der Waals surface area contributed by atoms with Crippen LogP contribution in [0.5, 0.6) is 0 Å². The highest BCUT2D eigenvalue weighted by Gasteiger charge is 2.21. The summed E-state index contributed by atoms with van der Waals surface area (Å²) < 4.78 is 36.4. The number of carbonyl (C=O) groups excluding carboxylic acids is 3. The lowest BCUT2D eigenvalue weighted by Gasteiger charge is -2.26. The van der Waals surface area contributed by atoms with E-state index >= 15 is 0 Å². The minimum Gasteiger partial charge on any atom is -0.443 e. The van der Waals surface area contributed by atoms with Crippen molar-refractivity contribution in [3.05, 3.63) is 88.1 Å². The Morgan fingerprint density at radius 1 is 0.980 bits per heavy atom. The number of fused-ring (bicyclic) bond motifs is 1. The number of aromatic nitrogens is 2. The van der Waals surface area contributed by atoms with E-state index in [1.165, 1.54) is 18.3 Å². The second-order valence-electron chi connectivity index (χ2n) is 12.0. The molecule has 49 heavy (non-hydrogen) atoms. The Morgan fingerprint density at radius 2 is 1.69 bits per heavy atom. The van der Waals surface area contributed by atoms with Crippen molar-refractivity contribution in [1.29, 1.82) is 0 Å². The number of hydrazine groups is 1. The van der Waals surface area contributed by atoms with E-state index in [0.717, 1.165) is 6.26 Å². The minimum absolute atomic E-state index is 0.0145. The molecule has 1 aliphatic heterocycles. The first-order chi connectivity index (χ1) is 23.1. The van der Waals surface area contributed by atoms with Crippen LogP contribution in [0.15, 0.2) is 60.8 Å². The first kappa shape index (κ1) is 35.1. The molecule has 1 aliphatic rings. The third kappa shape index (κ3) is 9.44. The molecule has 1 saturated heterocycles. The maximum Gasteiger partial charge on any atom is 0.426 e. The van der Waals surface area contributed by atoms with Gasteiger partial charge in [0.25, 0.3) is 11.8 Å². The Labute approximate surface area is 288 Å². The van der Waals surface area contributed by atoms with Crippen molar-refractivity contribution in [3.8, 4) is 23.1 Å². The quantitative estimate of drug-likeness (QED) is 0.202. The summed E-state index contributed by atoms with van der Waals surface area (Å²) in [5, 5.41) is 0.665. The largest absolute Gasteiger partial charge is 0.443 e. The van der Waals surface area contributed by atoms with Crippen molar-refractivity contribution >= 4 is 56.3 Å². The third-order valence-electron chi connectivity index (χ3n) is 6.94. The number of amides is 3. The van der Waals surface area contributed by atoms with Gasteiger partial charge in [-0.15, -0.1) is 0 Å². The van der Waals surface area contributed by atoms with Crippen molar-refractivity contribution in [3.63, 3.8) is 0 Å². The lowest BCUT2D eigenvalue weighted by molar-refractivity contribution is 0.0303. The fraction of sp³-hybridized carbons (Fsp3) is 0.265. The Balaban J connectivity index is 1.40. The van der Waals surface area contributed by atoms with Crippen LogP contribution in [0.4, 0.5) is 10.6 Å². The van der Waals surface area contributed by atoms with Crippen LogP contribution >= 0.6 is 11.6 Å². The third-order valence-corrected chi connectivity index (χ3v) is 7.83. The zero-order valence-electron chi connectivity index (χ0n) is 27.1. The second kappa shape index (κ2) is 14.5. The molecule has 0 saturated carbocycles. The first-order valence-corrected chi connectivity index (χ1v) is 17.3. The van der Waals surface area contributed by atoms with Crippen LogP contribution in [0.1, 0.15) is 52.6 Å². The van der Waals surface area contributed by atoms with E-state index in [1.807, 2.05) is 0 Å². The van der Waals surface area contributed by atoms with Crippen LogP contribution in [-0.2, 0) is 19.5 Å². The molecule has 0 aliphatic carbocycles. The zero-order chi connectivity index (χ0) is 35.3. The molecule has 0 spiro atoms. The van der Waals surface area contributed by atoms with Crippen LogP contribution in [0.3, 0.4) is 0 Å². The summed E-state index contributed by atoms with van der Waals surface area (Å²) in [5.74, 6) is 5.34. The number of pyridine rings is 2. The SMILES string of the molecule is CC(C)(C)OC(=O)NNC(=O)c1cc(-c2ccc(C#Cc3ccc(C(=O)N4CCOCC4)cc3Cl)cc2)nc2cc(NS(C)(=O)=O)ncc12. The van der Waals surface area contributed by atoms with Gasteiger partial charge in [0.1, 0.15) is 11.4 Å². The Kier molecular flexibility index (Phi) is 10.4. The van der Waals surface area contributed by atoms with Crippen LogP contribution < -0.4 is 15.6 Å². The number of ether oxygens (including phenoxy) is 2. The fourth-order valence-electron chi connectivity index (χ4n) is 4.74. The number of hydrogen-bond acceptors (Lipinski definition) is 9. The van der Waals surface area contributed by atoms with E-state index in [0.29, 0.717) is 64.7 Å². The predicted octanol–water partition coefficient (Wildman–Crippen LogP) is 4.36. The molecule has 1 fully saturated rings. The number of sulfonamides is 1. The van der Waals surface area contributed by atoms with Gasteiger partial charge in [-0.2, -0.15) is 0 Å². The van der Waals surface area contributed by atoms with Gasteiger partial charge in [0.15, 0.2) is 0 Å². The number of morpholine rings is 1. The molecule has 15 heteroatoms. The minimum atomic E-state index is -3.63. The van der Waals surface area contributed by atoms with E-state index < -0.39 is 27.6 Å². The van der Waals surface area contributed by atoms with Gasteiger partial charge in [-0.3, -0.25) is 19.7 Å². The molecule has 3 N–H and O–H groups in total. The summed E-state index contributed by atoms with van der Waals surface area (Å²) in [6.45, 7) is 7.12. The van der Waals surface area contributed by atoms with E-state index in [2.05, 4.69) is 37.4 Å². The topological polar surface area (TPSA) is 169 Å². The summed E-state index contributed by atoms with van der Waals surface area (Å²) in [5.41, 5.74) is 6.87. The Bertz CT molecular complexity index is 2100. The number of rotatable bonds is 5. The Morgan fingerprint density at radius 3 is 2.35 bits per heavy atom. The molecule has 4 aromatic rings. The lowest BCUT2D eigenvalue weighted by atomic mass is 10.0. The molecule has 2 aromatic heterocycles. The standard InChI is InChI=1S/C34H33ClN6O7S/c1-34(2,3)48-33(44)39-38-31(42)25-18-28(37-29-19-30(36-20-26(25)29)40-49(4,45)46)23-9-6-21(7-10-23)5-8-22-11-12-24(17-27(22)35)32(43)41-13-15-47-16-14-41/h6-7,9-12,17-20H,13-16H2,1-4H3,(H,36,40)(H,38,42)(H,39,44). The van der Waals surface area contributed by atoms with Gasteiger partial charge in [0, 0.05) is 53.0 Å². The molecule has 3 amide bonds. The van der Waals surface area contributed by atoms with Crippen LogP contribution in [0.25, 0.3) is 22.2 Å². The maximum atomic E-state index is 13.3. The summed E-state index contributed by atoms with van der Waals surface area (Å²) in [6.07, 6.45) is 1.45. The van der Waals surface area contributed by atoms with Crippen LogP contribution in [0.2, 0.25) is 5.02 Å². The molecule has 0 bridgehead atoms. The van der Waals surface area contributed by atoms with Crippen LogP contribution in [-0.4, -0.2) is 79.4 Å². The number of benzene rings is 2. The monoisotopic (exact) mass is 704 g/mol. The van der Waals surface area contributed by atoms with Gasteiger partial charge in [-0.25, -0.2) is 28.6 Å². The second-order valence-corrected chi connectivity index (χ2v) is 14.2. The molecule has 2 aromatic carbocycles. The molecular weight excluding hydrogens is 672 g/mol. The van der Waals surface area contributed by atoms with Gasteiger partial charge < -0.3 is 14.4 Å². The average molecular weight is 705 g/mol. The number of carbonyl (C=O) groups is 3. The lowest BCUT2D eigenvalue weighted by Crippen LogP contribution is -2.44. The molecule has 0 atom stereocenters. The van der Waals surface area contributed by atoms with E-state index in [4.69, 9.17) is 21.1 Å². The molecule has 13 nitrogen and oxygen atoms in total. The highest BCUT2D eigenvalue weighted by molar-refractivity contribution is 7.92. The summed E-state index contributed by atoms with van der Waals surface area (Å²) in [4.78, 5) is 48.7. The number of halogens is 1. The van der Waals surface area contributed by atoms with Gasteiger partial charge in [0.05, 0.1) is 41.3 Å². The zero-order valence-corrected chi connectivity index (χ0v) is 28.7. The summed E-state index contributed by atoms with van der Waals surface area (Å²) in [7, 11) is -3.63. The number of nitrogens with one attached hydrogen (secondary N) is 3. The van der Waals surface area contributed by atoms with Gasteiger partial charge in [0.2, 0.25) is 10.0 Å². The molecule has 3 heterocycles. The van der Waals surface area contributed by atoms with Gasteiger partial charge >= 0.3 is 6.09 Å². The smallest absolute Gasteiger partial charge is 0.426 e. The van der Waals surface area contributed by atoms with Crippen LogP contribution in [0, 0.1) is 11.8 Å². The molecule has 0 unspecified atom stereocenters. The van der Waals surface area contributed by atoms with Crippen molar-refractivity contribution in [1.82, 2.24) is 25.7 Å². The summed E-state index contributed by atoms with van der Waals surface area (Å²) >= 11 is 6.48. The summed E-state index contributed by atoms with van der Waals surface area (Å²) in [6, 6.07) is 15.0. The number of nitrogens with zero attached hydrogens (tertiary/aromatic N) is 3. The predicted molar refractivity (Wildman–Crippen MR) is 184 cm³/mol. The van der Waals surface area contributed by atoms with Crippen molar-refractivity contribution in [2.24, 2.45) is 0 Å².